The van der Waals surface area contributed by atoms with Crippen LogP contribution in [0.2, 0.25) is 0 Å². The van der Waals surface area contributed by atoms with E-state index in [9.17, 15) is 9.50 Å². The van der Waals surface area contributed by atoms with Crippen molar-refractivity contribution in [3.63, 3.8) is 0 Å². The van der Waals surface area contributed by atoms with Crippen LogP contribution in [0, 0.1) is 5.82 Å². The summed E-state index contributed by atoms with van der Waals surface area (Å²) in [6.45, 7) is 7.04. The molecule has 158 valence electrons. The average molecular weight is 402 g/mol. The molecule has 1 N–H and O–H groups in total. The molecule has 0 aromatic heterocycles. The van der Waals surface area contributed by atoms with E-state index in [2.05, 4.69) is 30.9 Å². The summed E-state index contributed by atoms with van der Waals surface area (Å²) < 4.78 is 25.1. The molecule has 2 aromatic rings. The first-order chi connectivity index (χ1) is 14.0. The highest BCUT2D eigenvalue weighted by Gasteiger charge is 2.21. The Kier molecular flexibility index (Phi) is 8.04. The van der Waals surface area contributed by atoms with Crippen LogP contribution in [0.25, 0.3) is 0 Å². The molecule has 0 aliphatic carbocycles. The third-order valence-corrected chi connectivity index (χ3v) is 5.24. The first-order valence-electron chi connectivity index (χ1n) is 10.5. The number of halogens is 1. The first-order valence-corrected chi connectivity index (χ1v) is 10.5. The van der Waals surface area contributed by atoms with E-state index in [1.54, 1.807) is 12.1 Å². The molecule has 5 heteroatoms. The molecule has 4 nitrogen and oxygen atoms in total. The lowest BCUT2D eigenvalue weighted by Gasteiger charge is -2.27. The Morgan fingerprint density at radius 2 is 2.00 bits per heavy atom. The molecule has 2 unspecified atom stereocenters. The van der Waals surface area contributed by atoms with Crippen LogP contribution in [0.5, 0.6) is 5.75 Å². The zero-order chi connectivity index (χ0) is 20.6. The highest BCUT2D eigenvalue weighted by molar-refractivity contribution is 5.28. The molecule has 0 spiro atoms. The van der Waals surface area contributed by atoms with Gasteiger partial charge in [0.05, 0.1) is 6.10 Å². The highest BCUT2D eigenvalue weighted by atomic mass is 19.1. The maximum Gasteiger partial charge on any atom is 0.123 e. The smallest absolute Gasteiger partial charge is 0.123 e. The van der Waals surface area contributed by atoms with Gasteiger partial charge in [0.15, 0.2) is 0 Å². The van der Waals surface area contributed by atoms with E-state index in [1.807, 2.05) is 18.2 Å². The van der Waals surface area contributed by atoms with E-state index in [-0.39, 0.29) is 18.5 Å². The van der Waals surface area contributed by atoms with Crippen molar-refractivity contribution in [3.05, 3.63) is 65.5 Å². The Morgan fingerprint density at radius 1 is 1.21 bits per heavy atom. The van der Waals surface area contributed by atoms with Crippen LogP contribution < -0.4 is 4.74 Å². The quantitative estimate of drug-likeness (QED) is 0.642. The van der Waals surface area contributed by atoms with Gasteiger partial charge in [-0.1, -0.05) is 38.1 Å². The van der Waals surface area contributed by atoms with E-state index in [1.165, 1.54) is 11.6 Å². The topological polar surface area (TPSA) is 41.9 Å². The number of nitrogens with zero attached hydrogens (tertiary/aromatic N) is 1. The monoisotopic (exact) mass is 401 g/mol. The van der Waals surface area contributed by atoms with E-state index in [0.29, 0.717) is 19.0 Å². The molecule has 0 amide bonds. The number of benzene rings is 2. The summed E-state index contributed by atoms with van der Waals surface area (Å²) in [6, 6.07) is 14.6. The predicted molar refractivity (Wildman–Crippen MR) is 113 cm³/mol. The number of aliphatic hydroxyl groups is 1. The SMILES string of the molecule is CC(C)c1ccc(OCC(O)CN(Cc2cccc(F)c2)CC2CCCO2)cc1. The summed E-state index contributed by atoms with van der Waals surface area (Å²) in [4.78, 5) is 2.13. The number of ether oxygens (including phenoxy) is 2. The second kappa shape index (κ2) is 10.7. The molecule has 3 rings (SSSR count). The fourth-order valence-electron chi connectivity index (χ4n) is 3.67. The maximum atomic E-state index is 13.6. The van der Waals surface area contributed by atoms with Crippen LogP contribution in [0.3, 0.4) is 0 Å². The highest BCUT2D eigenvalue weighted by Crippen LogP contribution is 2.19. The van der Waals surface area contributed by atoms with Gasteiger partial charge in [-0.15, -0.1) is 0 Å². The van der Waals surface area contributed by atoms with E-state index < -0.39 is 6.10 Å². The van der Waals surface area contributed by atoms with Gasteiger partial charge in [-0.2, -0.15) is 0 Å². The number of rotatable bonds is 10. The van der Waals surface area contributed by atoms with Gasteiger partial charge in [0.25, 0.3) is 0 Å². The van der Waals surface area contributed by atoms with Gasteiger partial charge in [0.2, 0.25) is 0 Å². The lowest BCUT2D eigenvalue weighted by atomic mass is 10.0. The van der Waals surface area contributed by atoms with Crippen LogP contribution in [0.4, 0.5) is 4.39 Å². The summed E-state index contributed by atoms with van der Waals surface area (Å²) >= 11 is 0. The second-order valence-corrected chi connectivity index (χ2v) is 8.15. The Balaban J connectivity index is 1.55. The minimum Gasteiger partial charge on any atom is -0.491 e. The first kappa shape index (κ1) is 21.8. The standard InChI is InChI=1S/C24H32FNO3/c1-18(2)20-8-10-23(11-9-20)29-17-22(27)15-26(16-24-7-4-12-28-24)14-19-5-3-6-21(25)13-19/h3,5-6,8-11,13,18,22,24,27H,4,7,12,14-17H2,1-2H3. The zero-order valence-corrected chi connectivity index (χ0v) is 17.4. The molecule has 1 aliphatic heterocycles. The summed E-state index contributed by atoms with van der Waals surface area (Å²) in [6.07, 6.45) is 1.61. The van der Waals surface area contributed by atoms with E-state index in [4.69, 9.17) is 9.47 Å². The average Bonchev–Trinajstić information content (AvgIpc) is 3.19. The van der Waals surface area contributed by atoms with Crippen LogP contribution in [-0.4, -0.2) is 48.5 Å². The van der Waals surface area contributed by atoms with Gasteiger partial charge in [0.1, 0.15) is 24.3 Å². The third-order valence-electron chi connectivity index (χ3n) is 5.24. The van der Waals surface area contributed by atoms with Gasteiger partial charge < -0.3 is 14.6 Å². The molecular formula is C24H32FNO3. The van der Waals surface area contributed by atoms with Gasteiger partial charge in [-0.05, 0) is 54.2 Å². The van der Waals surface area contributed by atoms with E-state index in [0.717, 1.165) is 37.3 Å². The third kappa shape index (κ3) is 7.11. The van der Waals surface area contributed by atoms with Crippen molar-refractivity contribution >= 4 is 0 Å². The number of hydrogen-bond donors (Lipinski definition) is 1. The normalized spacial score (nSPS) is 17.8. The molecular weight excluding hydrogens is 369 g/mol. The van der Waals surface area contributed by atoms with E-state index >= 15 is 0 Å². The Bertz CT molecular complexity index is 744. The van der Waals surface area contributed by atoms with Crippen molar-refractivity contribution in [2.24, 2.45) is 0 Å². The maximum absolute atomic E-state index is 13.6. The lowest BCUT2D eigenvalue weighted by molar-refractivity contribution is 0.0313. The molecule has 1 saturated heterocycles. The largest absolute Gasteiger partial charge is 0.491 e. The summed E-state index contributed by atoms with van der Waals surface area (Å²) in [5, 5.41) is 10.5. The van der Waals surface area contributed by atoms with Crippen molar-refractivity contribution in [2.45, 2.75) is 51.4 Å². The van der Waals surface area contributed by atoms with Crippen LogP contribution >= 0.6 is 0 Å². The second-order valence-electron chi connectivity index (χ2n) is 8.15. The van der Waals surface area contributed by atoms with Crippen molar-refractivity contribution in [1.82, 2.24) is 4.90 Å². The summed E-state index contributed by atoms with van der Waals surface area (Å²) in [5.74, 6) is 0.987. The molecule has 0 saturated carbocycles. The minimum absolute atomic E-state index is 0.167. The Labute approximate surface area is 173 Å². The Morgan fingerprint density at radius 3 is 2.66 bits per heavy atom. The molecule has 2 aromatic carbocycles. The summed E-state index contributed by atoms with van der Waals surface area (Å²) in [7, 11) is 0. The molecule has 0 radical (unpaired) electrons. The molecule has 2 atom stereocenters. The van der Waals surface area contributed by atoms with Crippen LogP contribution in [0.1, 0.15) is 43.7 Å². The van der Waals surface area contributed by atoms with Crippen LogP contribution in [0.15, 0.2) is 48.5 Å². The molecule has 1 fully saturated rings. The lowest BCUT2D eigenvalue weighted by Crippen LogP contribution is -2.39. The van der Waals surface area contributed by atoms with Gasteiger partial charge in [0, 0.05) is 26.2 Å². The molecule has 1 heterocycles. The fourth-order valence-corrected chi connectivity index (χ4v) is 3.67. The van der Waals surface area contributed by atoms with Gasteiger partial charge in [-0.25, -0.2) is 4.39 Å². The van der Waals surface area contributed by atoms with Crippen molar-refractivity contribution in [3.8, 4) is 5.75 Å². The van der Waals surface area contributed by atoms with Crippen molar-refractivity contribution in [2.75, 3.05) is 26.3 Å². The molecule has 29 heavy (non-hydrogen) atoms. The number of hydrogen-bond acceptors (Lipinski definition) is 4. The molecule has 0 bridgehead atoms. The molecule has 1 aliphatic rings. The van der Waals surface area contributed by atoms with Crippen molar-refractivity contribution < 1.29 is 19.0 Å². The van der Waals surface area contributed by atoms with Gasteiger partial charge in [-0.3, -0.25) is 4.90 Å². The fraction of sp³-hybridized carbons (Fsp3) is 0.500. The van der Waals surface area contributed by atoms with Crippen molar-refractivity contribution in [1.29, 1.82) is 0 Å². The Hall–Kier alpha value is -1.95. The van der Waals surface area contributed by atoms with Crippen LogP contribution in [-0.2, 0) is 11.3 Å². The van der Waals surface area contributed by atoms with Gasteiger partial charge >= 0.3 is 0 Å². The zero-order valence-electron chi connectivity index (χ0n) is 17.4. The minimum atomic E-state index is -0.644. The summed E-state index contributed by atoms with van der Waals surface area (Å²) in [5.41, 5.74) is 2.15. The number of aliphatic hydroxyl groups excluding tert-OH is 1. The predicted octanol–water partition coefficient (Wildman–Crippen LogP) is 4.37.